The molecule has 0 atom stereocenters. The zero-order valence-corrected chi connectivity index (χ0v) is 14.2. The van der Waals surface area contributed by atoms with Gasteiger partial charge in [0.25, 0.3) is 0 Å². The fraction of sp³-hybridized carbons (Fsp3) is 0.350. The van der Waals surface area contributed by atoms with Crippen LogP contribution in [-0.2, 0) is 6.42 Å². The van der Waals surface area contributed by atoms with Crippen molar-refractivity contribution in [2.24, 2.45) is 0 Å². The number of para-hydroxylation sites is 2. The predicted octanol–water partition coefficient (Wildman–Crippen LogP) is 4.04. The van der Waals surface area contributed by atoms with Crippen molar-refractivity contribution in [3.8, 4) is 0 Å². The predicted molar refractivity (Wildman–Crippen MR) is 99.7 cm³/mol. The van der Waals surface area contributed by atoms with Crippen molar-refractivity contribution in [3.63, 3.8) is 0 Å². The van der Waals surface area contributed by atoms with Crippen molar-refractivity contribution in [3.05, 3.63) is 60.2 Å². The summed E-state index contributed by atoms with van der Waals surface area (Å²) in [4.78, 5) is 14.6. The molecule has 1 saturated heterocycles. The van der Waals surface area contributed by atoms with E-state index in [0.717, 1.165) is 43.6 Å². The van der Waals surface area contributed by atoms with E-state index in [-0.39, 0.29) is 12.1 Å². The fourth-order valence-electron chi connectivity index (χ4n) is 3.22. The summed E-state index contributed by atoms with van der Waals surface area (Å²) in [6.45, 7) is 4.04. The summed E-state index contributed by atoms with van der Waals surface area (Å²) >= 11 is 0. The number of aryl methyl sites for hydroxylation is 1. The zero-order chi connectivity index (χ0) is 16.8. The van der Waals surface area contributed by atoms with Crippen LogP contribution in [0, 0.1) is 0 Å². The first-order chi connectivity index (χ1) is 11.8. The number of benzene rings is 2. The van der Waals surface area contributed by atoms with Crippen molar-refractivity contribution in [1.82, 2.24) is 5.32 Å². The number of nitrogens with one attached hydrogen (secondary N) is 2. The molecular weight excluding hydrogens is 298 g/mol. The second-order valence-electron chi connectivity index (χ2n) is 6.21. The average molecular weight is 323 g/mol. The summed E-state index contributed by atoms with van der Waals surface area (Å²) in [5.74, 6) is 0. The van der Waals surface area contributed by atoms with Crippen molar-refractivity contribution < 1.29 is 4.79 Å². The van der Waals surface area contributed by atoms with Crippen LogP contribution in [0.4, 0.5) is 16.2 Å². The molecule has 2 N–H and O–H groups in total. The highest BCUT2D eigenvalue weighted by atomic mass is 16.2. The van der Waals surface area contributed by atoms with Gasteiger partial charge >= 0.3 is 6.03 Å². The monoisotopic (exact) mass is 323 g/mol. The van der Waals surface area contributed by atoms with Crippen molar-refractivity contribution >= 4 is 17.4 Å². The van der Waals surface area contributed by atoms with Crippen LogP contribution in [0.15, 0.2) is 54.6 Å². The Hall–Kier alpha value is -2.49. The van der Waals surface area contributed by atoms with E-state index in [1.54, 1.807) is 0 Å². The summed E-state index contributed by atoms with van der Waals surface area (Å²) in [6.07, 6.45) is 2.85. The minimum Gasteiger partial charge on any atom is -0.371 e. The first-order valence-corrected chi connectivity index (χ1v) is 8.71. The summed E-state index contributed by atoms with van der Waals surface area (Å²) in [5, 5.41) is 6.10. The lowest BCUT2D eigenvalue weighted by Gasteiger charge is -2.34. The number of carbonyl (C=O) groups excluding carboxylic acids is 1. The highest BCUT2D eigenvalue weighted by molar-refractivity contribution is 5.90. The molecule has 0 saturated carbocycles. The largest absolute Gasteiger partial charge is 0.371 e. The first kappa shape index (κ1) is 16.4. The van der Waals surface area contributed by atoms with Gasteiger partial charge in [-0.2, -0.15) is 0 Å². The van der Waals surface area contributed by atoms with E-state index in [4.69, 9.17) is 0 Å². The molecule has 4 heteroatoms. The van der Waals surface area contributed by atoms with E-state index >= 15 is 0 Å². The molecule has 0 aromatic heterocycles. The molecule has 126 valence electrons. The van der Waals surface area contributed by atoms with E-state index in [9.17, 15) is 4.79 Å². The van der Waals surface area contributed by atoms with Crippen LogP contribution in [0.2, 0.25) is 0 Å². The molecule has 0 unspecified atom stereocenters. The van der Waals surface area contributed by atoms with Gasteiger partial charge in [-0.05, 0) is 43.0 Å². The maximum absolute atomic E-state index is 12.3. The average Bonchev–Trinajstić information content (AvgIpc) is 2.63. The normalized spacial score (nSPS) is 15.1. The second-order valence-corrected chi connectivity index (χ2v) is 6.21. The molecule has 2 aromatic carbocycles. The van der Waals surface area contributed by atoms with Gasteiger partial charge in [0.1, 0.15) is 0 Å². The van der Waals surface area contributed by atoms with Gasteiger partial charge in [-0.15, -0.1) is 0 Å². The van der Waals surface area contributed by atoms with Crippen molar-refractivity contribution in [2.75, 3.05) is 23.3 Å². The van der Waals surface area contributed by atoms with Crippen LogP contribution >= 0.6 is 0 Å². The van der Waals surface area contributed by atoms with Gasteiger partial charge in [-0.1, -0.05) is 43.3 Å². The third kappa shape index (κ3) is 4.07. The van der Waals surface area contributed by atoms with Crippen LogP contribution in [-0.4, -0.2) is 25.2 Å². The summed E-state index contributed by atoms with van der Waals surface area (Å²) in [6, 6.07) is 18.5. The van der Waals surface area contributed by atoms with E-state index in [1.807, 2.05) is 30.3 Å². The standard InChI is InChI=1S/C20H25N3O/c1-2-16-8-6-7-11-19(16)22-20(24)21-17-12-14-23(15-13-17)18-9-4-3-5-10-18/h3-11,17H,2,12-15H2,1H3,(H2,21,22,24). The topological polar surface area (TPSA) is 44.4 Å². The Morgan fingerprint density at radius 2 is 1.71 bits per heavy atom. The third-order valence-corrected chi connectivity index (χ3v) is 4.60. The Kier molecular flexibility index (Phi) is 5.36. The molecule has 0 radical (unpaired) electrons. The second kappa shape index (κ2) is 7.86. The Bertz CT molecular complexity index is 664. The summed E-state index contributed by atoms with van der Waals surface area (Å²) in [7, 11) is 0. The Morgan fingerprint density at radius 3 is 2.42 bits per heavy atom. The molecule has 3 rings (SSSR count). The first-order valence-electron chi connectivity index (χ1n) is 8.71. The lowest BCUT2D eigenvalue weighted by molar-refractivity contribution is 0.246. The van der Waals surface area contributed by atoms with E-state index in [2.05, 4.69) is 46.7 Å². The number of anilines is 2. The smallest absolute Gasteiger partial charge is 0.319 e. The Labute approximate surface area is 143 Å². The highest BCUT2D eigenvalue weighted by Crippen LogP contribution is 2.20. The number of carbonyl (C=O) groups is 1. The van der Waals surface area contributed by atoms with Crippen LogP contribution < -0.4 is 15.5 Å². The van der Waals surface area contributed by atoms with Gasteiger partial charge in [0.05, 0.1) is 0 Å². The van der Waals surface area contributed by atoms with E-state index in [1.165, 1.54) is 5.69 Å². The molecule has 1 fully saturated rings. The molecular formula is C20H25N3O. The van der Waals surface area contributed by atoms with Crippen LogP contribution in [0.25, 0.3) is 0 Å². The summed E-state index contributed by atoms with van der Waals surface area (Å²) in [5.41, 5.74) is 3.32. The number of amides is 2. The Morgan fingerprint density at radius 1 is 1.04 bits per heavy atom. The molecule has 1 heterocycles. The van der Waals surface area contributed by atoms with Gasteiger partial charge < -0.3 is 15.5 Å². The van der Waals surface area contributed by atoms with Gasteiger partial charge in [0, 0.05) is 30.5 Å². The molecule has 2 aromatic rings. The molecule has 1 aliphatic rings. The number of hydrogen-bond donors (Lipinski definition) is 2. The molecule has 4 nitrogen and oxygen atoms in total. The van der Waals surface area contributed by atoms with Gasteiger partial charge in [-0.25, -0.2) is 4.79 Å². The summed E-state index contributed by atoms with van der Waals surface area (Å²) < 4.78 is 0. The van der Waals surface area contributed by atoms with Crippen LogP contribution in [0.1, 0.15) is 25.3 Å². The van der Waals surface area contributed by atoms with E-state index in [0.29, 0.717) is 0 Å². The molecule has 0 bridgehead atoms. The number of rotatable bonds is 4. The minimum absolute atomic E-state index is 0.103. The molecule has 1 aliphatic heterocycles. The molecule has 24 heavy (non-hydrogen) atoms. The van der Waals surface area contributed by atoms with Crippen LogP contribution in [0.5, 0.6) is 0 Å². The van der Waals surface area contributed by atoms with Crippen LogP contribution in [0.3, 0.4) is 0 Å². The SMILES string of the molecule is CCc1ccccc1NC(=O)NC1CCN(c2ccccc2)CC1. The maximum atomic E-state index is 12.3. The van der Waals surface area contributed by atoms with E-state index < -0.39 is 0 Å². The maximum Gasteiger partial charge on any atom is 0.319 e. The molecule has 0 spiro atoms. The van der Waals surface area contributed by atoms with Gasteiger partial charge in [0.15, 0.2) is 0 Å². The lowest BCUT2D eigenvalue weighted by Crippen LogP contribution is -2.46. The quantitative estimate of drug-likeness (QED) is 0.892. The zero-order valence-electron chi connectivity index (χ0n) is 14.2. The fourth-order valence-corrected chi connectivity index (χ4v) is 3.22. The molecule has 2 amide bonds. The number of piperidine rings is 1. The molecule has 0 aliphatic carbocycles. The third-order valence-electron chi connectivity index (χ3n) is 4.60. The van der Waals surface area contributed by atoms with Gasteiger partial charge in [-0.3, -0.25) is 0 Å². The van der Waals surface area contributed by atoms with Gasteiger partial charge in [0.2, 0.25) is 0 Å². The Balaban J connectivity index is 1.50. The van der Waals surface area contributed by atoms with Crippen molar-refractivity contribution in [2.45, 2.75) is 32.2 Å². The van der Waals surface area contributed by atoms with Crippen molar-refractivity contribution in [1.29, 1.82) is 0 Å². The number of urea groups is 1. The number of nitrogens with zero attached hydrogens (tertiary/aromatic N) is 1. The number of hydrogen-bond acceptors (Lipinski definition) is 2. The highest BCUT2D eigenvalue weighted by Gasteiger charge is 2.21. The lowest BCUT2D eigenvalue weighted by atomic mass is 10.0. The minimum atomic E-state index is -0.103.